The van der Waals surface area contributed by atoms with Crippen LogP contribution in [0.3, 0.4) is 0 Å². The van der Waals surface area contributed by atoms with Crippen molar-refractivity contribution >= 4 is 18.2 Å². The Hall–Kier alpha value is -0.940. The molecule has 6 heteroatoms. The van der Waals surface area contributed by atoms with Crippen molar-refractivity contribution in [2.75, 3.05) is 7.05 Å². The molecule has 0 spiro atoms. The molecule has 1 aromatic rings. The second-order valence-electron chi connectivity index (χ2n) is 4.99. The maximum atomic E-state index is 11.8. The van der Waals surface area contributed by atoms with Crippen molar-refractivity contribution in [3.05, 3.63) is 11.7 Å². The quantitative estimate of drug-likeness (QED) is 0.838. The average molecular weight is 262 g/mol. The van der Waals surface area contributed by atoms with Gasteiger partial charge in [0.2, 0.25) is 5.78 Å². The van der Waals surface area contributed by atoms with Gasteiger partial charge in [0, 0.05) is 17.9 Å². The highest BCUT2D eigenvalue weighted by atomic mass is 35.5. The van der Waals surface area contributed by atoms with Gasteiger partial charge in [-0.1, -0.05) is 25.9 Å². The van der Waals surface area contributed by atoms with Gasteiger partial charge < -0.3 is 9.84 Å². The smallest absolute Gasteiger partial charge is 0.294 e. The fourth-order valence-electron chi connectivity index (χ4n) is 1.13. The molecule has 0 aliphatic heterocycles. The summed E-state index contributed by atoms with van der Waals surface area (Å²) in [5, 5.41) is 6.87. The van der Waals surface area contributed by atoms with Crippen LogP contribution in [0.4, 0.5) is 0 Å². The number of carbonyl (C=O) groups excluding carboxylic acids is 1. The van der Waals surface area contributed by atoms with E-state index in [1.807, 2.05) is 34.7 Å². The van der Waals surface area contributed by atoms with Gasteiger partial charge >= 0.3 is 0 Å². The second kappa shape index (κ2) is 6.12. The molecule has 0 bridgehead atoms. The molecule has 98 valence electrons. The molecule has 17 heavy (non-hydrogen) atoms. The molecule has 5 nitrogen and oxygen atoms in total. The molecule has 0 aliphatic carbocycles. The van der Waals surface area contributed by atoms with E-state index in [9.17, 15) is 4.79 Å². The zero-order chi connectivity index (χ0) is 12.3. The molecule has 0 fully saturated rings. The first-order valence-corrected chi connectivity index (χ1v) is 5.39. The molecule has 1 aromatic heterocycles. The van der Waals surface area contributed by atoms with E-state index in [0.29, 0.717) is 12.2 Å². The predicted molar refractivity (Wildman–Crippen MR) is 67.6 cm³/mol. The van der Waals surface area contributed by atoms with E-state index in [0.717, 1.165) is 0 Å². The van der Waals surface area contributed by atoms with Gasteiger partial charge in [-0.2, -0.15) is 4.98 Å². The van der Waals surface area contributed by atoms with Crippen LogP contribution in [0.25, 0.3) is 0 Å². The van der Waals surface area contributed by atoms with Gasteiger partial charge in [0.1, 0.15) is 0 Å². The normalized spacial score (nSPS) is 13.0. The zero-order valence-corrected chi connectivity index (χ0v) is 11.7. The van der Waals surface area contributed by atoms with Gasteiger partial charge in [0.25, 0.3) is 5.89 Å². The summed E-state index contributed by atoms with van der Waals surface area (Å²) in [4.78, 5) is 15.9. The molecular formula is C11H20ClN3O2. The Kier molecular flexibility index (Phi) is 5.78. The number of rotatable bonds is 4. The Morgan fingerprint density at radius 3 is 2.53 bits per heavy atom. The van der Waals surface area contributed by atoms with Crippen LogP contribution in [-0.4, -0.2) is 29.0 Å². The number of carbonyl (C=O) groups is 1. The van der Waals surface area contributed by atoms with E-state index in [4.69, 9.17) is 4.52 Å². The minimum Gasteiger partial charge on any atom is -0.331 e. The summed E-state index contributed by atoms with van der Waals surface area (Å²) < 4.78 is 4.96. The highest BCUT2D eigenvalue weighted by Crippen LogP contribution is 2.19. The number of halogens is 1. The van der Waals surface area contributed by atoms with Crippen LogP contribution in [0.1, 0.15) is 44.2 Å². The largest absolute Gasteiger partial charge is 0.331 e. The Balaban J connectivity index is 0.00000256. The number of nitrogens with zero attached hydrogens (tertiary/aromatic N) is 2. The summed E-state index contributed by atoms with van der Waals surface area (Å²) in [6.07, 6.45) is 0.650. The fraction of sp³-hybridized carbons (Fsp3) is 0.727. The number of aromatic nitrogens is 2. The van der Waals surface area contributed by atoms with Crippen molar-refractivity contribution in [3.8, 4) is 0 Å². The molecule has 1 atom stereocenters. The molecule has 1 rings (SSSR count). The molecule has 0 radical (unpaired) electrons. The van der Waals surface area contributed by atoms with Crippen molar-refractivity contribution in [2.24, 2.45) is 5.41 Å². The lowest BCUT2D eigenvalue weighted by molar-refractivity contribution is 0.0811. The van der Waals surface area contributed by atoms with E-state index in [2.05, 4.69) is 15.5 Å². The Labute approximate surface area is 108 Å². The first kappa shape index (κ1) is 16.1. The third kappa shape index (κ3) is 4.44. The summed E-state index contributed by atoms with van der Waals surface area (Å²) in [5.41, 5.74) is -0.488. The summed E-state index contributed by atoms with van der Waals surface area (Å²) in [6.45, 7) is 7.50. The van der Waals surface area contributed by atoms with E-state index in [1.165, 1.54) is 0 Å². The van der Waals surface area contributed by atoms with Crippen molar-refractivity contribution < 1.29 is 9.32 Å². The molecule has 0 saturated carbocycles. The topological polar surface area (TPSA) is 68.0 Å². The van der Waals surface area contributed by atoms with Crippen LogP contribution in [0.2, 0.25) is 0 Å². The molecule has 0 saturated heterocycles. The van der Waals surface area contributed by atoms with Gasteiger partial charge in [-0.25, -0.2) is 0 Å². The Bertz CT molecular complexity index is 371. The van der Waals surface area contributed by atoms with Crippen molar-refractivity contribution in [2.45, 2.75) is 40.2 Å². The second-order valence-corrected chi connectivity index (χ2v) is 4.99. The van der Waals surface area contributed by atoms with Crippen LogP contribution < -0.4 is 5.32 Å². The predicted octanol–water partition coefficient (Wildman–Crippen LogP) is 1.87. The lowest BCUT2D eigenvalue weighted by atomic mass is 9.91. The SMILES string of the molecule is CNC(C)Cc1noc(C(=O)C(C)(C)C)n1.Cl. The van der Waals surface area contributed by atoms with Crippen LogP contribution in [0.15, 0.2) is 4.52 Å². The summed E-state index contributed by atoms with van der Waals surface area (Å²) in [6, 6.07) is 0.259. The number of ketones is 1. The van der Waals surface area contributed by atoms with Crippen molar-refractivity contribution in [1.29, 1.82) is 0 Å². The lowest BCUT2D eigenvalue weighted by Crippen LogP contribution is -2.24. The molecular weight excluding hydrogens is 242 g/mol. The Morgan fingerprint density at radius 1 is 1.47 bits per heavy atom. The molecule has 1 heterocycles. The molecule has 0 amide bonds. The zero-order valence-electron chi connectivity index (χ0n) is 10.9. The molecule has 0 aromatic carbocycles. The summed E-state index contributed by atoms with van der Waals surface area (Å²) >= 11 is 0. The average Bonchev–Trinajstić information content (AvgIpc) is 2.63. The van der Waals surface area contributed by atoms with E-state index >= 15 is 0 Å². The van der Waals surface area contributed by atoms with Crippen molar-refractivity contribution in [3.63, 3.8) is 0 Å². The third-order valence-electron chi connectivity index (χ3n) is 2.33. The van der Waals surface area contributed by atoms with Gasteiger partial charge in [-0.15, -0.1) is 12.4 Å². The van der Waals surface area contributed by atoms with Crippen LogP contribution in [0, 0.1) is 5.41 Å². The third-order valence-corrected chi connectivity index (χ3v) is 2.33. The Morgan fingerprint density at radius 2 is 2.06 bits per heavy atom. The first-order chi connectivity index (χ1) is 7.34. The van der Waals surface area contributed by atoms with Gasteiger partial charge in [-0.3, -0.25) is 4.79 Å². The summed E-state index contributed by atoms with van der Waals surface area (Å²) in [5.74, 6) is 0.545. The molecule has 1 N–H and O–H groups in total. The number of hydrogen-bond acceptors (Lipinski definition) is 5. The number of Topliss-reactive ketones (excluding diaryl/α,β-unsaturated/α-hetero) is 1. The van der Waals surface area contributed by atoms with Crippen LogP contribution in [0.5, 0.6) is 0 Å². The number of likely N-dealkylation sites (N-methyl/N-ethyl adjacent to an activating group) is 1. The van der Waals surface area contributed by atoms with E-state index < -0.39 is 5.41 Å². The number of nitrogens with one attached hydrogen (secondary N) is 1. The minimum absolute atomic E-state index is 0. The highest BCUT2D eigenvalue weighted by molar-refractivity contribution is 5.95. The maximum Gasteiger partial charge on any atom is 0.294 e. The van der Waals surface area contributed by atoms with Crippen LogP contribution >= 0.6 is 12.4 Å². The molecule has 0 aliphatic rings. The van der Waals surface area contributed by atoms with Crippen LogP contribution in [-0.2, 0) is 6.42 Å². The standard InChI is InChI=1S/C11H19N3O2.ClH/c1-7(12-5)6-8-13-10(16-14-8)9(15)11(2,3)4;/h7,12H,6H2,1-5H3;1H. The number of hydrogen-bond donors (Lipinski definition) is 1. The minimum atomic E-state index is -0.488. The monoisotopic (exact) mass is 261 g/mol. The summed E-state index contributed by atoms with van der Waals surface area (Å²) in [7, 11) is 1.87. The van der Waals surface area contributed by atoms with E-state index in [-0.39, 0.29) is 30.1 Å². The van der Waals surface area contributed by atoms with E-state index in [1.54, 1.807) is 0 Å². The molecule has 1 unspecified atom stereocenters. The van der Waals surface area contributed by atoms with Gasteiger partial charge in [0.05, 0.1) is 0 Å². The fourth-order valence-corrected chi connectivity index (χ4v) is 1.13. The van der Waals surface area contributed by atoms with Crippen molar-refractivity contribution in [1.82, 2.24) is 15.5 Å². The first-order valence-electron chi connectivity index (χ1n) is 5.39. The lowest BCUT2D eigenvalue weighted by Gasteiger charge is -2.12. The van der Waals surface area contributed by atoms with Gasteiger partial charge in [-0.05, 0) is 14.0 Å². The highest BCUT2D eigenvalue weighted by Gasteiger charge is 2.28. The maximum absolute atomic E-state index is 11.8. The van der Waals surface area contributed by atoms with Gasteiger partial charge in [0.15, 0.2) is 5.82 Å².